The maximum Gasteiger partial charge on any atom is 0.325 e. The molecule has 1 unspecified atom stereocenters. The van der Waals surface area contributed by atoms with Crippen molar-refractivity contribution < 1.29 is 14.0 Å². The highest BCUT2D eigenvalue weighted by Gasteiger charge is 2.49. The van der Waals surface area contributed by atoms with Gasteiger partial charge in [-0.1, -0.05) is 60.8 Å². The number of benzene rings is 2. The molecule has 0 bridgehead atoms. The van der Waals surface area contributed by atoms with Gasteiger partial charge in [-0.15, -0.1) is 10.2 Å². The van der Waals surface area contributed by atoms with E-state index in [0.717, 1.165) is 17.7 Å². The lowest BCUT2D eigenvalue weighted by Gasteiger charge is -2.22. The summed E-state index contributed by atoms with van der Waals surface area (Å²) >= 11 is 12.1. The first-order chi connectivity index (χ1) is 14.8. The van der Waals surface area contributed by atoms with Crippen LogP contribution in [0, 0.1) is 0 Å². The average molecular weight is 459 g/mol. The number of aromatic nitrogens is 2. The molecule has 0 spiro atoms. The zero-order valence-electron chi connectivity index (χ0n) is 17.0. The number of amides is 3. The summed E-state index contributed by atoms with van der Waals surface area (Å²) in [5.41, 5.74) is 1.25. The van der Waals surface area contributed by atoms with Crippen LogP contribution in [-0.4, -0.2) is 27.0 Å². The molecule has 1 aromatic heterocycles. The summed E-state index contributed by atoms with van der Waals surface area (Å²) in [5.74, 6) is -0.0879. The first-order valence-corrected chi connectivity index (χ1v) is 10.6. The molecule has 0 radical (unpaired) electrons. The highest BCUT2D eigenvalue weighted by atomic mass is 35.5. The Morgan fingerprint density at radius 3 is 2.52 bits per heavy atom. The molecule has 7 nitrogen and oxygen atoms in total. The number of carbonyl (C=O) groups excluding carboxylic acids is 2. The number of hydrogen-bond acceptors (Lipinski definition) is 5. The second kappa shape index (κ2) is 8.32. The Morgan fingerprint density at radius 2 is 1.84 bits per heavy atom. The maximum absolute atomic E-state index is 13.1. The summed E-state index contributed by atoms with van der Waals surface area (Å²) in [5, 5.41) is 11.6. The summed E-state index contributed by atoms with van der Waals surface area (Å²) in [6.45, 7) is 3.65. The SMILES string of the molecule is CCCc1ccc(C2(C)NC(=O)N(Cc3nnc(-c4ccc(Cl)cc4Cl)o3)C2=O)cc1. The van der Waals surface area contributed by atoms with Crippen molar-refractivity contribution >= 4 is 35.1 Å². The Hall–Kier alpha value is -2.90. The van der Waals surface area contributed by atoms with Gasteiger partial charge in [0, 0.05) is 5.02 Å². The van der Waals surface area contributed by atoms with E-state index >= 15 is 0 Å². The number of aryl methyl sites for hydroxylation is 1. The van der Waals surface area contributed by atoms with Crippen LogP contribution in [0.15, 0.2) is 46.9 Å². The first-order valence-electron chi connectivity index (χ1n) is 9.83. The summed E-state index contributed by atoms with van der Waals surface area (Å²) in [7, 11) is 0. The molecule has 4 rings (SSSR count). The van der Waals surface area contributed by atoms with E-state index in [9.17, 15) is 9.59 Å². The van der Waals surface area contributed by atoms with Gasteiger partial charge in [-0.05, 0) is 42.7 Å². The van der Waals surface area contributed by atoms with Crippen molar-refractivity contribution in [2.75, 3.05) is 0 Å². The molecule has 160 valence electrons. The van der Waals surface area contributed by atoms with Gasteiger partial charge in [0.2, 0.25) is 11.8 Å². The van der Waals surface area contributed by atoms with Gasteiger partial charge in [-0.3, -0.25) is 9.69 Å². The molecule has 3 amide bonds. The van der Waals surface area contributed by atoms with E-state index in [1.807, 2.05) is 24.3 Å². The molecule has 0 aliphatic carbocycles. The molecule has 3 aromatic rings. The molecule has 2 heterocycles. The van der Waals surface area contributed by atoms with Crippen LogP contribution in [0.3, 0.4) is 0 Å². The molecular weight excluding hydrogens is 439 g/mol. The van der Waals surface area contributed by atoms with Crippen LogP contribution in [0.2, 0.25) is 10.0 Å². The van der Waals surface area contributed by atoms with Gasteiger partial charge in [0.05, 0.1) is 10.6 Å². The van der Waals surface area contributed by atoms with E-state index < -0.39 is 11.6 Å². The number of nitrogens with one attached hydrogen (secondary N) is 1. The van der Waals surface area contributed by atoms with Crippen LogP contribution in [-0.2, 0) is 23.3 Å². The lowest BCUT2D eigenvalue weighted by molar-refractivity contribution is -0.131. The number of urea groups is 1. The van der Waals surface area contributed by atoms with Gasteiger partial charge < -0.3 is 9.73 Å². The van der Waals surface area contributed by atoms with Gasteiger partial charge >= 0.3 is 6.03 Å². The first kappa shape index (κ1) is 21.3. The molecule has 1 saturated heterocycles. The van der Waals surface area contributed by atoms with Crippen LogP contribution in [0.1, 0.15) is 37.3 Å². The Balaban J connectivity index is 1.54. The standard InChI is InChI=1S/C22H20Cl2N4O3/c1-3-4-13-5-7-14(8-6-13)22(2)20(29)28(21(30)25-22)12-18-26-27-19(31-18)16-10-9-15(23)11-17(16)24/h5-11H,3-4,12H2,1-2H3,(H,25,30). The molecule has 2 aromatic carbocycles. The van der Waals surface area contributed by atoms with Gasteiger partial charge in [-0.2, -0.15) is 0 Å². The monoisotopic (exact) mass is 458 g/mol. The van der Waals surface area contributed by atoms with Crippen molar-refractivity contribution in [2.24, 2.45) is 0 Å². The van der Waals surface area contributed by atoms with E-state index in [1.165, 1.54) is 5.56 Å². The maximum atomic E-state index is 13.1. The normalized spacial score (nSPS) is 18.5. The number of hydrogen-bond donors (Lipinski definition) is 1. The van der Waals surface area contributed by atoms with Crippen LogP contribution in [0.25, 0.3) is 11.5 Å². The summed E-state index contributed by atoms with van der Waals surface area (Å²) < 4.78 is 5.64. The molecule has 1 aliphatic heterocycles. The van der Waals surface area contributed by atoms with Crippen molar-refractivity contribution in [3.63, 3.8) is 0 Å². The number of carbonyl (C=O) groups is 2. The predicted octanol–water partition coefficient (Wildman–Crippen LogP) is 4.96. The highest BCUT2D eigenvalue weighted by Crippen LogP contribution is 2.32. The van der Waals surface area contributed by atoms with Crippen LogP contribution >= 0.6 is 23.2 Å². The minimum Gasteiger partial charge on any atom is -0.419 e. The van der Waals surface area contributed by atoms with Gasteiger partial charge in [0.25, 0.3) is 5.91 Å². The van der Waals surface area contributed by atoms with E-state index in [1.54, 1.807) is 25.1 Å². The largest absolute Gasteiger partial charge is 0.419 e. The molecule has 31 heavy (non-hydrogen) atoms. The highest BCUT2D eigenvalue weighted by molar-refractivity contribution is 6.36. The summed E-state index contributed by atoms with van der Waals surface area (Å²) in [6.07, 6.45) is 1.99. The fourth-order valence-corrected chi connectivity index (χ4v) is 4.04. The zero-order chi connectivity index (χ0) is 22.2. The topological polar surface area (TPSA) is 88.3 Å². The van der Waals surface area contributed by atoms with E-state index in [-0.39, 0.29) is 24.2 Å². The van der Waals surface area contributed by atoms with Crippen molar-refractivity contribution in [3.8, 4) is 11.5 Å². The molecule has 1 fully saturated rings. The van der Waals surface area contributed by atoms with Crippen molar-refractivity contribution in [2.45, 2.75) is 38.8 Å². The number of imide groups is 1. The molecule has 1 aliphatic rings. The Labute approximate surface area is 189 Å². The minimum absolute atomic E-state index is 0.118. The predicted molar refractivity (Wildman–Crippen MR) is 117 cm³/mol. The van der Waals surface area contributed by atoms with E-state index in [4.69, 9.17) is 27.6 Å². The molecule has 1 N–H and O–H groups in total. The number of nitrogens with zero attached hydrogens (tertiary/aromatic N) is 3. The zero-order valence-corrected chi connectivity index (χ0v) is 18.5. The molecule has 1 atom stereocenters. The summed E-state index contributed by atoms with van der Waals surface area (Å²) in [6, 6.07) is 12.1. The fraction of sp³-hybridized carbons (Fsp3) is 0.273. The number of rotatable bonds is 6. The third-order valence-corrected chi connectivity index (χ3v) is 5.81. The van der Waals surface area contributed by atoms with Crippen LogP contribution in [0.4, 0.5) is 4.79 Å². The quantitative estimate of drug-likeness (QED) is 0.527. The minimum atomic E-state index is -1.16. The van der Waals surface area contributed by atoms with Crippen molar-refractivity contribution in [1.82, 2.24) is 20.4 Å². The fourth-order valence-electron chi connectivity index (χ4n) is 3.55. The number of halogens is 2. The third-order valence-electron chi connectivity index (χ3n) is 5.27. The summed E-state index contributed by atoms with van der Waals surface area (Å²) in [4.78, 5) is 26.8. The molecule has 9 heteroatoms. The Kier molecular flexibility index (Phi) is 5.73. The van der Waals surface area contributed by atoms with Crippen molar-refractivity contribution in [3.05, 3.63) is 69.5 Å². The lowest BCUT2D eigenvalue weighted by atomic mass is 9.91. The lowest BCUT2D eigenvalue weighted by Crippen LogP contribution is -2.40. The third kappa shape index (κ3) is 4.03. The van der Waals surface area contributed by atoms with E-state index in [0.29, 0.717) is 21.2 Å². The molecule has 0 saturated carbocycles. The Bertz CT molecular complexity index is 1150. The smallest absolute Gasteiger partial charge is 0.325 e. The van der Waals surface area contributed by atoms with E-state index in [2.05, 4.69) is 22.4 Å². The molecular formula is C22H20Cl2N4O3. The van der Waals surface area contributed by atoms with Crippen LogP contribution in [0.5, 0.6) is 0 Å². The van der Waals surface area contributed by atoms with Gasteiger partial charge in [0.15, 0.2) is 0 Å². The van der Waals surface area contributed by atoms with Gasteiger partial charge in [0.1, 0.15) is 12.1 Å². The second-order valence-corrected chi connectivity index (χ2v) is 8.36. The average Bonchev–Trinajstić information content (AvgIpc) is 3.28. The van der Waals surface area contributed by atoms with Crippen molar-refractivity contribution in [1.29, 1.82) is 0 Å². The van der Waals surface area contributed by atoms with Gasteiger partial charge in [-0.25, -0.2) is 4.79 Å². The Morgan fingerprint density at radius 1 is 1.10 bits per heavy atom. The second-order valence-electron chi connectivity index (χ2n) is 7.52. The van der Waals surface area contributed by atoms with Crippen LogP contribution < -0.4 is 5.32 Å².